The number of hydrogen-bond donors (Lipinski definition) is 17. The van der Waals surface area contributed by atoms with Crippen LogP contribution < -0.4 is 114 Å². The number of nitrogens with zero attached hydrogens (tertiary/aromatic N) is 4. The van der Waals surface area contributed by atoms with E-state index in [0.717, 1.165) is 22.4 Å². The lowest BCUT2D eigenvalue weighted by atomic mass is 9.77. The van der Waals surface area contributed by atoms with Gasteiger partial charge in [0.25, 0.3) is 0 Å². The van der Waals surface area contributed by atoms with Gasteiger partial charge in [-0.05, 0) is 60.2 Å². The van der Waals surface area contributed by atoms with E-state index in [0.29, 0.717) is 172 Å². The van der Waals surface area contributed by atoms with Crippen LogP contribution in [0.1, 0.15) is 37.4 Å². The summed E-state index contributed by atoms with van der Waals surface area (Å²) in [7, 11) is 12.3. The highest BCUT2D eigenvalue weighted by Crippen LogP contribution is 2.57. The second-order valence-corrected chi connectivity index (χ2v) is 23.8. The third-order valence-corrected chi connectivity index (χ3v) is 17.4. The van der Waals surface area contributed by atoms with Crippen LogP contribution in [0.5, 0.6) is 11.5 Å². The largest absolute Gasteiger partial charge is 0.478 e. The van der Waals surface area contributed by atoms with E-state index < -0.39 is 17.5 Å². The van der Waals surface area contributed by atoms with Crippen molar-refractivity contribution in [2.75, 3.05) is 176 Å². The number of carbonyl (C=O) groups excluding carboxylic acids is 9. The van der Waals surface area contributed by atoms with Crippen LogP contribution in [0.4, 0.5) is 55.4 Å². The molecule has 3 heterocycles. The average molecular weight is 1460 g/mol. The monoisotopic (exact) mass is 1460 g/mol. The van der Waals surface area contributed by atoms with Gasteiger partial charge in [-0.25, -0.2) is 52.5 Å². The molecule has 106 heavy (non-hydrogen) atoms. The normalized spacial score (nSPS) is 11.7. The van der Waals surface area contributed by atoms with Crippen LogP contribution in [0, 0.1) is 0 Å². The number of fused-ring (bicyclic) bond motifs is 8. The number of carboxylic acid groups (broad SMARTS) is 1. The molecule has 0 radical (unpaired) electrons. The summed E-state index contributed by atoms with van der Waals surface area (Å²) in [4.78, 5) is 127. The fraction of sp³-hybridized carbons (Fsp3) is 0.347. The maximum atomic E-state index is 13.5. The van der Waals surface area contributed by atoms with E-state index in [1.807, 2.05) is 104 Å². The first-order valence-electron chi connectivity index (χ1n) is 34.3. The lowest BCUT2D eigenvalue weighted by molar-refractivity contribution is 0.0224. The van der Waals surface area contributed by atoms with E-state index in [2.05, 4.69) is 85.1 Å². The summed E-state index contributed by atoms with van der Waals surface area (Å²) in [6, 6.07) is 34.0. The number of amides is 16. The SMILES string of the molecule is CNC(=O)NCCN(CCNC(=O)NC)c1ccc2c(-c3ccccc3C(=O)O)c3ccc(=[N+](CCNC(=O)NC)CCNC(=O)NC)cc-3oc2c1.CNC(=O)NCCN(CCNC(=O)NC)c1ccc2c(c1)Oc1cc(N(CCNC(=O)NC)CCNC(=O)NC)ccc1C21OC(=O)c2ccccc21. The summed E-state index contributed by atoms with van der Waals surface area (Å²) in [6.07, 6.45) is 0. The average Bonchev–Trinajstić information content (AvgIpc) is 1.48. The summed E-state index contributed by atoms with van der Waals surface area (Å²) in [5, 5.41) is 54.3. The molecule has 564 valence electrons. The minimum atomic E-state index is -1.31. The van der Waals surface area contributed by atoms with Crippen LogP contribution in [-0.4, -0.2) is 226 Å². The number of nitrogens with one attached hydrogen (secondary N) is 16. The van der Waals surface area contributed by atoms with Gasteiger partial charge in [-0.2, -0.15) is 0 Å². The highest BCUT2D eigenvalue weighted by atomic mass is 16.6. The minimum Gasteiger partial charge on any atom is -0.478 e. The third kappa shape index (κ3) is 20.0. The van der Waals surface area contributed by atoms with Gasteiger partial charge in [-0.15, -0.1) is 0 Å². The lowest BCUT2D eigenvalue weighted by Gasteiger charge is -2.38. The molecule has 16 amide bonds. The first-order chi connectivity index (χ1) is 51.2. The number of carbonyl (C=O) groups is 10. The second-order valence-electron chi connectivity index (χ2n) is 23.8. The van der Waals surface area contributed by atoms with Crippen LogP contribution in [0.15, 0.2) is 126 Å². The van der Waals surface area contributed by atoms with Crippen molar-refractivity contribution in [2.45, 2.75) is 5.60 Å². The zero-order valence-corrected chi connectivity index (χ0v) is 60.4. The first kappa shape index (κ1) is 78.8. The Labute approximate surface area is 612 Å². The standard InChI is InChI=1S/2C36H46N10O7/c1-37-32(48)41-13-17-45(18-14-42-33(49)38-2)23-9-11-27-29(21-23)52-30-22-24(46(19-15-43-34(50)39-3)20-16-44-35(51)40-4)10-12-28(30)36(27)26-8-6-5-7-25(26)31(47)53-36;1-37-33(49)41-13-17-45(18-14-42-34(50)38-2)23-9-11-27-29(21-23)53-30-22-24(46(19-15-43-35(51)39-3)20-16-44-36(52)40-4)10-12-28(30)31(27)25-7-5-6-8-26(25)32(47)48/h5-12,21-22H,13-20H2,1-4H3,(H2,37,41,48)(H2,38,42,49)(H2,39,43,50)(H2,40,44,51);5-12,21-22H,13-20H2,1-4H3,(H8-,37,38,39,40,41,42,43,44,47,48,49,50,51,52)/p+1. The lowest BCUT2D eigenvalue weighted by Crippen LogP contribution is -2.44. The van der Waals surface area contributed by atoms with E-state index in [1.54, 1.807) is 36.4 Å². The molecule has 0 fully saturated rings. The number of anilines is 3. The molecule has 17 N–H and O–H groups in total. The molecule has 9 rings (SSSR count). The van der Waals surface area contributed by atoms with Gasteiger partial charge in [0.1, 0.15) is 22.8 Å². The van der Waals surface area contributed by atoms with Crippen molar-refractivity contribution < 1.29 is 66.9 Å². The molecule has 0 saturated heterocycles. The maximum absolute atomic E-state index is 13.5. The molecular formula is C72H93N20O14+. The van der Waals surface area contributed by atoms with Crippen LogP contribution in [0.2, 0.25) is 0 Å². The predicted octanol–water partition coefficient (Wildman–Crippen LogP) is 2.78. The Hall–Kier alpha value is -12.9. The van der Waals surface area contributed by atoms with Gasteiger partial charge >= 0.3 is 60.2 Å². The highest BCUT2D eigenvalue weighted by molar-refractivity contribution is 6.08. The topological polar surface area (TPSA) is 428 Å². The molecule has 0 aromatic heterocycles. The zero-order chi connectivity index (χ0) is 76.3. The van der Waals surface area contributed by atoms with Gasteiger partial charge < -0.3 is 119 Å². The number of esters is 1. The molecule has 34 heteroatoms. The van der Waals surface area contributed by atoms with Crippen LogP contribution in [-0.2, 0) is 10.3 Å². The summed E-state index contributed by atoms with van der Waals surface area (Å²) in [5.41, 5.74) is 5.76. The van der Waals surface area contributed by atoms with Crippen molar-refractivity contribution in [3.05, 3.63) is 155 Å². The van der Waals surface area contributed by atoms with Gasteiger partial charge in [-0.1, -0.05) is 36.4 Å². The van der Waals surface area contributed by atoms with Crippen molar-refractivity contribution in [1.82, 2.24) is 89.6 Å². The summed E-state index contributed by atoms with van der Waals surface area (Å²) < 4.78 is 21.6. The fourth-order valence-electron chi connectivity index (χ4n) is 12.1. The quantitative estimate of drug-likeness (QED) is 0.0182. The molecule has 1 spiro atoms. The van der Waals surface area contributed by atoms with Crippen LogP contribution >= 0.6 is 0 Å². The van der Waals surface area contributed by atoms with Gasteiger partial charge in [-0.3, -0.25) is 0 Å². The molecule has 5 aromatic rings. The van der Waals surface area contributed by atoms with Gasteiger partial charge in [0.15, 0.2) is 18.7 Å². The van der Waals surface area contributed by atoms with Crippen LogP contribution in [0.25, 0.3) is 33.4 Å². The maximum Gasteiger partial charge on any atom is 0.340 e. The van der Waals surface area contributed by atoms with Crippen molar-refractivity contribution in [1.29, 1.82) is 0 Å². The minimum absolute atomic E-state index is 0.124. The van der Waals surface area contributed by atoms with Crippen molar-refractivity contribution >= 4 is 88.2 Å². The van der Waals surface area contributed by atoms with Gasteiger partial charge in [0.05, 0.1) is 30.3 Å². The van der Waals surface area contributed by atoms with E-state index in [4.69, 9.17) is 13.9 Å². The fourth-order valence-corrected chi connectivity index (χ4v) is 12.1. The van der Waals surface area contributed by atoms with E-state index >= 15 is 0 Å². The van der Waals surface area contributed by atoms with Crippen molar-refractivity contribution in [3.63, 3.8) is 0 Å². The van der Waals surface area contributed by atoms with Crippen molar-refractivity contribution in [3.8, 4) is 33.9 Å². The number of hydrogen-bond acceptors (Lipinski definition) is 16. The number of rotatable bonds is 29. The molecule has 3 aliphatic heterocycles. The number of benzene rings is 6. The van der Waals surface area contributed by atoms with E-state index in [9.17, 15) is 53.1 Å². The molecular weight excluding hydrogens is 1370 g/mol. The molecule has 0 bridgehead atoms. The predicted molar refractivity (Wildman–Crippen MR) is 401 cm³/mol. The molecule has 5 aromatic carbocycles. The Morgan fingerprint density at radius 1 is 0.406 bits per heavy atom. The van der Waals surface area contributed by atoms with E-state index in [1.165, 1.54) is 56.4 Å². The molecule has 1 aliphatic carbocycles. The molecule has 0 saturated carbocycles. The smallest absolute Gasteiger partial charge is 0.340 e. The number of aromatic carboxylic acids is 1. The molecule has 34 nitrogen and oxygen atoms in total. The Kier molecular flexibility index (Phi) is 28.5. The number of urea groups is 8. The van der Waals surface area contributed by atoms with Crippen LogP contribution in [0.3, 0.4) is 0 Å². The third-order valence-electron chi connectivity index (χ3n) is 17.4. The van der Waals surface area contributed by atoms with Gasteiger partial charge in [0.2, 0.25) is 5.36 Å². The summed E-state index contributed by atoms with van der Waals surface area (Å²) in [5.74, 6) is -0.159. The summed E-state index contributed by atoms with van der Waals surface area (Å²) in [6.45, 7) is 5.79. The highest BCUT2D eigenvalue weighted by Gasteiger charge is 2.53. The molecule has 0 unspecified atom stereocenters. The molecule has 0 atom stereocenters. The first-order valence-corrected chi connectivity index (χ1v) is 34.3. The Bertz CT molecular complexity index is 4170. The van der Waals surface area contributed by atoms with Crippen molar-refractivity contribution in [2.24, 2.45) is 0 Å². The Morgan fingerprint density at radius 3 is 1.20 bits per heavy atom. The molecule has 4 aliphatic rings. The zero-order valence-electron chi connectivity index (χ0n) is 60.4. The number of carboxylic acids is 1. The van der Waals surface area contributed by atoms with E-state index in [-0.39, 0.29) is 53.8 Å². The number of ether oxygens (including phenoxy) is 2. The Balaban J connectivity index is 0.000000268. The Morgan fingerprint density at radius 2 is 0.783 bits per heavy atom. The van der Waals surface area contributed by atoms with Gasteiger partial charge in [0, 0.05) is 209 Å². The second kappa shape index (κ2) is 38.4. The summed E-state index contributed by atoms with van der Waals surface area (Å²) >= 11 is 0.